The van der Waals surface area contributed by atoms with Crippen LogP contribution in [-0.4, -0.2) is 15.9 Å². The van der Waals surface area contributed by atoms with E-state index < -0.39 is 10.8 Å². The van der Waals surface area contributed by atoms with Gasteiger partial charge in [-0.15, -0.1) is 22.7 Å². The molecule has 3 aromatic rings. The fourth-order valence-corrected chi connectivity index (χ4v) is 3.80. The van der Waals surface area contributed by atoms with Crippen LogP contribution in [0.3, 0.4) is 0 Å². The number of amides is 1. The van der Waals surface area contributed by atoms with Crippen LogP contribution in [0.5, 0.6) is 5.75 Å². The molecule has 0 saturated heterocycles. The maximum Gasteiger partial charge on any atom is 0.271 e. The molecule has 0 bridgehead atoms. The third-order valence-electron chi connectivity index (χ3n) is 2.80. The predicted octanol–water partition coefficient (Wildman–Crippen LogP) is 3.83. The van der Waals surface area contributed by atoms with Gasteiger partial charge in [0.1, 0.15) is 5.75 Å². The number of phenols is 1. The van der Waals surface area contributed by atoms with E-state index in [9.17, 15) is 20.0 Å². The number of non-ortho nitro benzene ring substituents is 1. The lowest BCUT2D eigenvalue weighted by Gasteiger charge is -2.05. The number of nitro groups is 1. The fraction of sp³-hybridized carbons (Fsp3) is 0. The summed E-state index contributed by atoms with van der Waals surface area (Å²) in [7, 11) is 0. The van der Waals surface area contributed by atoms with Crippen molar-refractivity contribution in [3.05, 3.63) is 50.7 Å². The Morgan fingerprint density at radius 1 is 1.24 bits per heavy atom. The Hall–Kier alpha value is -2.45. The largest absolute Gasteiger partial charge is 0.506 e. The van der Waals surface area contributed by atoms with Crippen molar-refractivity contribution >= 4 is 49.4 Å². The Morgan fingerprint density at radius 3 is 2.76 bits per heavy atom. The first-order chi connectivity index (χ1) is 10.0. The lowest BCUT2D eigenvalue weighted by molar-refractivity contribution is -0.384. The SMILES string of the molecule is O=C(Nc1cc([N+](=O)[O-])ccc1O)c1cc2sccc2s1. The van der Waals surface area contributed by atoms with Crippen LogP contribution in [-0.2, 0) is 0 Å². The van der Waals surface area contributed by atoms with E-state index in [1.807, 2.05) is 11.4 Å². The van der Waals surface area contributed by atoms with Crippen molar-refractivity contribution in [2.24, 2.45) is 0 Å². The van der Waals surface area contributed by atoms with Gasteiger partial charge >= 0.3 is 0 Å². The predicted molar refractivity (Wildman–Crippen MR) is 82.4 cm³/mol. The molecular weight excluding hydrogens is 312 g/mol. The molecule has 0 aliphatic heterocycles. The molecule has 1 amide bonds. The summed E-state index contributed by atoms with van der Waals surface area (Å²) in [6, 6.07) is 7.16. The Labute approximate surface area is 126 Å². The summed E-state index contributed by atoms with van der Waals surface area (Å²) < 4.78 is 2.02. The van der Waals surface area contributed by atoms with E-state index in [0.29, 0.717) is 4.88 Å². The molecule has 2 N–H and O–H groups in total. The number of carbonyl (C=O) groups excluding carboxylic acids is 1. The zero-order chi connectivity index (χ0) is 15.0. The summed E-state index contributed by atoms with van der Waals surface area (Å²) in [5, 5.41) is 24.8. The standard InChI is InChI=1S/C13H8N2O4S2/c16-9-2-1-7(15(18)19)5-8(9)14-13(17)12-6-11-10(21-12)3-4-20-11/h1-6,16H,(H,14,17). The number of anilines is 1. The van der Waals surface area contributed by atoms with E-state index in [0.717, 1.165) is 15.5 Å². The molecule has 0 saturated carbocycles. The van der Waals surface area contributed by atoms with Crippen molar-refractivity contribution in [3.8, 4) is 5.75 Å². The average molecular weight is 320 g/mol. The number of nitro benzene ring substituents is 1. The molecule has 6 nitrogen and oxygen atoms in total. The summed E-state index contributed by atoms with van der Waals surface area (Å²) in [5.74, 6) is -0.619. The van der Waals surface area contributed by atoms with Gasteiger partial charge < -0.3 is 10.4 Å². The van der Waals surface area contributed by atoms with Crippen LogP contribution in [0.15, 0.2) is 35.7 Å². The number of nitrogens with one attached hydrogen (secondary N) is 1. The Bertz CT molecular complexity index is 824. The smallest absolute Gasteiger partial charge is 0.271 e. The van der Waals surface area contributed by atoms with E-state index in [1.54, 1.807) is 6.07 Å². The monoisotopic (exact) mass is 320 g/mol. The van der Waals surface area contributed by atoms with Crippen molar-refractivity contribution in [1.82, 2.24) is 0 Å². The summed E-state index contributed by atoms with van der Waals surface area (Å²) >= 11 is 2.86. The highest BCUT2D eigenvalue weighted by atomic mass is 32.1. The fourth-order valence-electron chi connectivity index (χ4n) is 1.80. The highest BCUT2D eigenvalue weighted by Gasteiger charge is 2.15. The van der Waals surface area contributed by atoms with Gasteiger partial charge in [-0.1, -0.05) is 0 Å². The normalized spacial score (nSPS) is 10.7. The third kappa shape index (κ3) is 2.58. The van der Waals surface area contributed by atoms with Crippen LogP contribution in [0.2, 0.25) is 0 Å². The van der Waals surface area contributed by atoms with Crippen LogP contribution in [0.4, 0.5) is 11.4 Å². The first kappa shape index (κ1) is 13.5. The Balaban J connectivity index is 1.88. The van der Waals surface area contributed by atoms with Crippen molar-refractivity contribution < 1.29 is 14.8 Å². The summed E-state index contributed by atoms with van der Waals surface area (Å²) in [6.07, 6.45) is 0. The molecule has 0 radical (unpaired) electrons. The van der Waals surface area contributed by atoms with Gasteiger partial charge in [0.25, 0.3) is 11.6 Å². The van der Waals surface area contributed by atoms with Gasteiger partial charge in [-0.05, 0) is 23.6 Å². The van der Waals surface area contributed by atoms with Crippen molar-refractivity contribution in [3.63, 3.8) is 0 Å². The number of hydrogen-bond acceptors (Lipinski definition) is 6. The second-order valence-corrected chi connectivity index (χ2v) is 6.20. The second-order valence-electron chi connectivity index (χ2n) is 4.17. The molecule has 1 aromatic carbocycles. The van der Waals surface area contributed by atoms with E-state index in [2.05, 4.69) is 5.32 Å². The number of nitrogens with zero attached hydrogens (tertiary/aromatic N) is 1. The molecule has 2 heterocycles. The minimum atomic E-state index is -0.587. The molecule has 0 aliphatic rings. The van der Waals surface area contributed by atoms with Crippen LogP contribution < -0.4 is 5.32 Å². The lowest BCUT2D eigenvalue weighted by atomic mass is 10.2. The number of thiophene rings is 2. The zero-order valence-electron chi connectivity index (χ0n) is 10.4. The Morgan fingerprint density at radius 2 is 2.05 bits per heavy atom. The molecule has 106 valence electrons. The van der Waals surface area contributed by atoms with Gasteiger partial charge in [0.15, 0.2) is 0 Å². The molecule has 0 unspecified atom stereocenters. The Kier molecular flexibility index (Phi) is 3.32. The van der Waals surface area contributed by atoms with Gasteiger partial charge in [0, 0.05) is 21.5 Å². The number of hydrogen-bond donors (Lipinski definition) is 2. The second kappa shape index (κ2) is 5.15. The summed E-state index contributed by atoms with van der Waals surface area (Å²) in [6.45, 7) is 0. The van der Waals surface area contributed by atoms with Crippen LogP contribution in [0, 0.1) is 10.1 Å². The maximum atomic E-state index is 12.1. The maximum absolute atomic E-state index is 12.1. The first-order valence-corrected chi connectivity index (χ1v) is 7.50. The van der Waals surface area contributed by atoms with E-state index in [-0.39, 0.29) is 17.1 Å². The number of carbonyl (C=O) groups is 1. The van der Waals surface area contributed by atoms with Crippen LogP contribution in [0.1, 0.15) is 9.67 Å². The number of aromatic hydroxyl groups is 1. The van der Waals surface area contributed by atoms with E-state index in [1.165, 1.54) is 34.8 Å². The van der Waals surface area contributed by atoms with Crippen LogP contribution >= 0.6 is 22.7 Å². The van der Waals surface area contributed by atoms with Gasteiger partial charge in [-0.3, -0.25) is 14.9 Å². The minimum Gasteiger partial charge on any atom is -0.506 e. The summed E-state index contributed by atoms with van der Waals surface area (Å²) in [4.78, 5) is 22.8. The molecule has 3 rings (SSSR count). The van der Waals surface area contributed by atoms with Crippen molar-refractivity contribution in [2.45, 2.75) is 0 Å². The number of benzene rings is 1. The molecule has 0 atom stereocenters. The first-order valence-electron chi connectivity index (χ1n) is 5.80. The summed E-state index contributed by atoms with van der Waals surface area (Å²) in [5.41, 5.74) is -0.179. The van der Waals surface area contributed by atoms with Gasteiger partial charge in [-0.25, -0.2) is 0 Å². The van der Waals surface area contributed by atoms with Gasteiger partial charge in [0.05, 0.1) is 15.5 Å². The van der Waals surface area contributed by atoms with Gasteiger partial charge in [0.2, 0.25) is 0 Å². The van der Waals surface area contributed by atoms with Gasteiger partial charge in [-0.2, -0.15) is 0 Å². The lowest BCUT2D eigenvalue weighted by Crippen LogP contribution is -2.10. The van der Waals surface area contributed by atoms with Crippen molar-refractivity contribution in [1.29, 1.82) is 0 Å². The topological polar surface area (TPSA) is 92.5 Å². The third-order valence-corrected chi connectivity index (χ3v) is 4.89. The molecule has 0 fully saturated rings. The van der Waals surface area contributed by atoms with Crippen LogP contribution in [0.25, 0.3) is 9.40 Å². The molecule has 0 spiro atoms. The highest BCUT2D eigenvalue weighted by Crippen LogP contribution is 2.32. The van der Waals surface area contributed by atoms with E-state index >= 15 is 0 Å². The van der Waals surface area contributed by atoms with E-state index in [4.69, 9.17) is 0 Å². The van der Waals surface area contributed by atoms with Crippen molar-refractivity contribution in [2.75, 3.05) is 5.32 Å². The molecule has 0 aliphatic carbocycles. The number of rotatable bonds is 3. The molecule has 2 aromatic heterocycles. The minimum absolute atomic E-state index is 0.0194. The highest BCUT2D eigenvalue weighted by molar-refractivity contribution is 7.27. The zero-order valence-corrected chi connectivity index (χ0v) is 12.0. The number of fused-ring (bicyclic) bond motifs is 1. The molecule has 8 heteroatoms. The number of phenolic OH excluding ortho intramolecular Hbond substituents is 1. The average Bonchev–Trinajstić information content (AvgIpc) is 3.01. The molecular formula is C13H8N2O4S2. The molecule has 21 heavy (non-hydrogen) atoms. The quantitative estimate of drug-likeness (QED) is 0.436.